The molecule has 168 valence electrons. The number of hydrogen-bond donors (Lipinski definition) is 1. The van der Waals surface area contributed by atoms with Crippen LogP contribution in [0.15, 0.2) is 47.1 Å². The van der Waals surface area contributed by atoms with Crippen LogP contribution in [0.4, 0.5) is 29.5 Å². The van der Waals surface area contributed by atoms with Gasteiger partial charge in [-0.25, -0.2) is 9.78 Å². The van der Waals surface area contributed by atoms with Gasteiger partial charge >= 0.3 is 12.2 Å². The Morgan fingerprint density at radius 2 is 1.81 bits per heavy atom. The Hall–Kier alpha value is -3.63. The second kappa shape index (κ2) is 8.85. The van der Waals surface area contributed by atoms with E-state index in [0.29, 0.717) is 50.0 Å². The van der Waals surface area contributed by atoms with Crippen molar-refractivity contribution in [2.75, 3.05) is 36.4 Å². The number of halogens is 3. The molecule has 2 amide bonds. The number of carbonyl (C=O) groups excluding carboxylic acids is 1. The van der Waals surface area contributed by atoms with Crippen LogP contribution in [0.3, 0.4) is 0 Å². The van der Waals surface area contributed by atoms with E-state index >= 15 is 0 Å². The summed E-state index contributed by atoms with van der Waals surface area (Å²) in [7, 11) is 0. The molecule has 0 spiro atoms. The zero-order valence-corrected chi connectivity index (χ0v) is 17.3. The van der Waals surface area contributed by atoms with Gasteiger partial charge in [0, 0.05) is 50.0 Å². The highest BCUT2D eigenvalue weighted by Gasteiger charge is 2.30. The van der Waals surface area contributed by atoms with E-state index in [-0.39, 0.29) is 6.03 Å². The molecule has 8 nitrogen and oxygen atoms in total. The first kappa shape index (κ1) is 21.6. The molecule has 0 bridgehead atoms. The smallest absolute Gasteiger partial charge is 0.353 e. The largest absolute Gasteiger partial charge is 0.416 e. The molecule has 1 N–H and O–H groups in total. The summed E-state index contributed by atoms with van der Waals surface area (Å²) < 4.78 is 43.1. The molecule has 11 heteroatoms. The van der Waals surface area contributed by atoms with Gasteiger partial charge < -0.3 is 19.6 Å². The van der Waals surface area contributed by atoms with E-state index in [2.05, 4.69) is 25.3 Å². The van der Waals surface area contributed by atoms with E-state index in [1.165, 1.54) is 12.1 Å². The molecule has 3 aromatic rings. The molecule has 1 aromatic carbocycles. The molecule has 0 unspecified atom stereocenters. The number of anilines is 2. The molecule has 0 aliphatic carbocycles. The van der Waals surface area contributed by atoms with Gasteiger partial charge in [0.1, 0.15) is 5.82 Å². The van der Waals surface area contributed by atoms with E-state index in [0.717, 1.165) is 23.5 Å². The fourth-order valence-electron chi connectivity index (χ4n) is 3.30. The van der Waals surface area contributed by atoms with Crippen molar-refractivity contribution in [2.45, 2.75) is 19.5 Å². The quantitative estimate of drug-likeness (QED) is 0.650. The van der Waals surface area contributed by atoms with Gasteiger partial charge in [-0.15, -0.1) is 0 Å². The Bertz CT molecular complexity index is 1060. The first-order valence-electron chi connectivity index (χ1n) is 10.1. The summed E-state index contributed by atoms with van der Waals surface area (Å²) in [6.07, 6.45) is -2.06. The van der Waals surface area contributed by atoms with E-state index in [9.17, 15) is 18.0 Å². The number of carbonyl (C=O) groups is 1. The first-order chi connectivity index (χ1) is 15.3. The summed E-state index contributed by atoms with van der Waals surface area (Å²) >= 11 is 0. The number of rotatable bonds is 4. The van der Waals surface area contributed by atoms with Gasteiger partial charge in [-0.05, 0) is 36.4 Å². The zero-order chi connectivity index (χ0) is 22.7. The fraction of sp³-hybridized carbons (Fsp3) is 0.333. The van der Waals surface area contributed by atoms with Crippen LogP contribution in [0.25, 0.3) is 11.4 Å². The lowest BCUT2D eigenvalue weighted by Gasteiger charge is -2.35. The third-order valence-corrected chi connectivity index (χ3v) is 5.13. The van der Waals surface area contributed by atoms with Crippen molar-refractivity contribution < 1.29 is 22.5 Å². The number of piperazine rings is 1. The molecule has 1 fully saturated rings. The molecule has 0 atom stereocenters. The number of pyridine rings is 1. The van der Waals surface area contributed by atoms with Gasteiger partial charge in [0.2, 0.25) is 11.7 Å². The van der Waals surface area contributed by atoms with Crippen molar-refractivity contribution in [2.24, 2.45) is 0 Å². The van der Waals surface area contributed by atoms with Crippen LogP contribution < -0.4 is 10.2 Å². The van der Waals surface area contributed by atoms with Gasteiger partial charge in [0.05, 0.1) is 5.56 Å². The summed E-state index contributed by atoms with van der Waals surface area (Å²) in [5.41, 5.74) is 0.315. The van der Waals surface area contributed by atoms with Crippen LogP contribution in [-0.2, 0) is 12.6 Å². The van der Waals surface area contributed by atoms with E-state index < -0.39 is 11.7 Å². The van der Waals surface area contributed by atoms with E-state index in [4.69, 9.17) is 4.52 Å². The topological polar surface area (TPSA) is 87.4 Å². The van der Waals surface area contributed by atoms with Gasteiger partial charge in [0.25, 0.3) is 0 Å². The Labute approximate surface area is 182 Å². The lowest BCUT2D eigenvalue weighted by molar-refractivity contribution is -0.137. The standard InChI is InChI=1S/C21H21F3N6O2/c1-2-18-27-19(28-32-18)14-3-8-17(25-13-14)29-9-11-30(12-10-29)20(31)26-16-6-4-15(5-7-16)21(22,23)24/h3-8,13H,2,9-12H2,1H3,(H,26,31). The summed E-state index contributed by atoms with van der Waals surface area (Å²) in [5, 5.41) is 6.57. The molecular formula is C21H21F3N6O2. The maximum Gasteiger partial charge on any atom is 0.416 e. The van der Waals surface area contributed by atoms with Crippen LogP contribution in [0.1, 0.15) is 18.4 Å². The molecule has 1 aliphatic rings. The Kier molecular flexibility index (Phi) is 5.97. The van der Waals surface area contributed by atoms with Crippen LogP contribution in [0, 0.1) is 0 Å². The molecule has 1 saturated heterocycles. The van der Waals surface area contributed by atoms with Gasteiger partial charge in [0.15, 0.2) is 0 Å². The molecule has 1 aliphatic heterocycles. The molecule has 4 rings (SSSR count). The van der Waals surface area contributed by atoms with Crippen molar-refractivity contribution in [1.29, 1.82) is 0 Å². The monoisotopic (exact) mass is 446 g/mol. The minimum absolute atomic E-state index is 0.315. The maximum atomic E-state index is 12.7. The molecule has 0 saturated carbocycles. The minimum Gasteiger partial charge on any atom is -0.353 e. The number of benzene rings is 1. The second-order valence-corrected chi connectivity index (χ2v) is 7.25. The van der Waals surface area contributed by atoms with E-state index in [1.807, 2.05) is 19.1 Å². The highest BCUT2D eigenvalue weighted by molar-refractivity contribution is 5.89. The number of nitrogens with one attached hydrogen (secondary N) is 1. The zero-order valence-electron chi connectivity index (χ0n) is 17.3. The molecule has 32 heavy (non-hydrogen) atoms. The summed E-state index contributed by atoms with van der Waals surface area (Å²) in [6.45, 7) is 4.01. The van der Waals surface area contributed by atoms with Crippen molar-refractivity contribution in [3.05, 3.63) is 54.0 Å². The molecule has 2 aromatic heterocycles. The first-order valence-corrected chi connectivity index (χ1v) is 10.1. The number of amides is 2. The fourth-order valence-corrected chi connectivity index (χ4v) is 3.30. The number of aryl methyl sites for hydroxylation is 1. The SMILES string of the molecule is CCc1nc(-c2ccc(N3CCN(C(=O)Nc4ccc(C(F)(F)F)cc4)CC3)nc2)no1. The Morgan fingerprint density at radius 3 is 2.38 bits per heavy atom. The number of aromatic nitrogens is 3. The van der Waals surface area contributed by atoms with Gasteiger partial charge in [-0.3, -0.25) is 0 Å². The number of alkyl halides is 3. The van der Waals surface area contributed by atoms with E-state index in [1.54, 1.807) is 11.1 Å². The third kappa shape index (κ3) is 4.82. The summed E-state index contributed by atoms with van der Waals surface area (Å²) in [6, 6.07) is 7.77. The molecule has 3 heterocycles. The lowest BCUT2D eigenvalue weighted by atomic mass is 10.2. The highest BCUT2D eigenvalue weighted by atomic mass is 19.4. The third-order valence-electron chi connectivity index (χ3n) is 5.13. The van der Waals surface area contributed by atoms with Crippen molar-refractivity contribution in [3.63, 3.8) is 0 Å². The number of nitrogens with zero attached hydrogens (tertiary/aromatic N) is 5. The van der Waals surface area contributed by atoms with Gasteiger partial charge in [-0.1, -0.05) is 12.1 Å². The average Bonchev–Trinajstić information content (AvgIpc) is 3.28. The van der Waals surface area contributed by atoms with Gasteiger partial charge in [-0.2, -0.15) is 18.2 Å². The second-order valence-electron chi connectivity index (χ2n) is 7.25. The predicted octanol–water partition coefficient (Wildman–Crippen LogP) is 4.07. The van der Waals surface area contributed by atoms with Crippen molar-refractivity contribution >= 4 is 17.5 Å². The summed E-state index contributed by atoms with van der Waals surface area (Å²) in [4.78, 5) is 24.9. The summed E-state index contributed by atoms with van der Waals surface area (Å²) in [5.74, 6) is 1.83. The minimum atomic E-state index is -4.41. The van der Waals surface area contributed by atoms with Crippen molar-refractivity contribution in [3.8, 4) is 11.4 Å². The van der Waals surface area contributed by atoms with Crippen LogP contribution in [0.2, 0.25) is 0 Å². The number of urea groups is 1. The van der Waals surface area contributed by atoms with Crippen LogP contribution in [-0.4, -0.2) is 52.2 Å². The molecule has 0 radical (unpaired) electrons. The normalized spacial score (nSPS) is 14.5. The Balaban J connectivity index is 1.31. The maximum absolute atomic E-state index is 12.7. The molecular weight excluding hydrogens is 425 g/mol. The van der Waals surface area contributed by atoms with Crippen molar-refractivity contribution in [1.82, 2.24) is 20.0 Å². The van der Waals surface area contributed by atoms with Crippen LogP contribution in [0.5, 0.6) is 0 Å². The lowest BCUT2D eigenvalue weighted by Crippen LogP contribution is -2.50. The number of hydrogen-bond acceptors (Lipinski definition) is 6. The average molecular weight is 446 g/mol. The Morgan fingerprint density at radius 1 is 1.09 bits per heavy atom. The van der Waals surface area contributed by atoms with Crippen LogP contribution >= 0.6 is 0 Å². The predicted molar refractivity (Wildman–Crippen MR) is 111 cm³/mol. The highest BCUT2D eigenvalue weighted by Crippen LogP contribution is 2.30.